The highest BCUT2D eigenvalue weighted by Crippen LogP contribution is 2.20. The summed E-state index contributed by atoms with van der Waals surface area (Å²) in [4.78, 5) is 0. The first kappa shape index (κ1) is 11.2. The van der Waals surface area contributed by atoms with E-state index in [1.807, 2.05) is 6.07 Å². The topological polar surface area (TPSA) is 96.0 Å². The number of nitrogens with zero attached hydrogens (tertiary/aromatic N) is 1. The van der Waals surface area contributed by atoms with Crippen LogP contribution in [-0.4, -0.2) is 8.42 Å². The Morgan fingerprint density at radius 2 is 2.20 bits per heavy atom. The van der Waals surface area contributed by atoms with Crippen molar-refractivity contribution in [2.75, 3.05) is 4.72 Å². The van der Waals surface area contributed by atoms with Gasteiger partial charge in [0, 0.05) is 0 Å². The third-order valence-corrected chi connectivity index (χ3v) is 2.19. The van der Waals surface area contributed by atoms with Gasteiger partial charge in [-0.2, -0.15) is 13.7 Å². The molecule has 0 amide bonds. The summed E-state index contributed by atoms with van der Waals surface area (Å²) in [5.41, 5.74) is 0.894. The van der Waals surface area contributed by atoms with Crippen molar-refractivity contribution < 1.29 is 8.42 Å². The third-order valence-electron chi connectivity index (χ3n) is 1.68. The van der Waals surface area contributed by atoms with Crippen LogP contribution in [0.15, 0.2) is 24.8 Å². The predicted molar refractivity (Wildman–Crippen MR) is 58.0 cm³/mol. The second-order valence-corrected chi connectivity index (χ2v) is 4.03. The maximum Gasteiger partial charge on any atom is 0.296 e. The van der Waals surface area contributed by atoms with Crippen LogP contribution in [0.3, 0.4) is 0 Å². The molecule has 0 bridgehead atoms. The Hall–Kier alpha value is -1.84. The van der Waals surface area contributed by atoms with Gasteiger partial charge in [-0.1, -0.05) is 24.8 Å². The van der Waals surface area contributed by atoms with E-state index in [-0.39, 0.29) is 11.3 Å². The minimum Gasteiger partial charge on any atom is -0.270 e. The van der Waals surface area contributed by atoms with E-state index < -0.39 is 10.2 Å². The van der Waals surface area contributed by atoms with Crippen LogP contribution in [0.25, 0.3) is 6.08 Å². The lowest BCUT2D eigenvalue weighted by molar-refractivity contribution is 0.603. The van der Waals surface area contributed by atoms with Gasteiger partial charge in [-0.3, -0.25) is 4.72 Å². The first-order chi connectivity index (χ1) is 6.98. The number of anilines is 1. The first-order valence-electron chi connectivity index (χ1n) is 3.94. The molecule has 15 heavy (non-hydrogen) atoms. The standard InChI is InChI=1S/C9H9N3O2S/c1-2-7-4-3-5-9(8(7)6-10)12-15(11,13)14/h2-5,12H,1H2,(H2,11,13,14). The fraction of sp³-hybridized carbons (Fsp3) is 0. The molecule has 0 atom stereocenters. The Balaban J connectivity index is 3.32. The fourth-order valence-electron chi connectivity index (χ4n) is 1.10. The molecule has 0 spiro atoms. The van der Waals surface area contributed by atoms with Crippen molar-refractivity contribution in [3.8, 4) is 6.07 Å². The van der Waals surface area contributed by atoms with Crippen LogP contribution in [0.1, 0.15) is 11.1 Å². The lowest BCUT2D eigenvalue weighted by Crippen LogP contribution is -2.22. The van der Waals surface area contributed by atoms with Gasteiger partial charge in [-0.15, -0.1) is 0 Å². The van der Waals surface area contributed by atoms with Crippen molar-refractivity contribution >= 4 is 22.0 Å². The fourth-order valence-corrected chi connectivity index (χ4v) is 1.58. The van der Waals surface area contributed by atoms with E-state index in [2.05, 4.69) is 11.3 Å². The maximum absolute atomic E-state index is 10.8. The normalized spacial score (nSPS) is 10.4. The molecule has 3 N–H and O–H groups in total. The van der Waals surface area contributed by atoms with E-state index in [0.717, 1.165) is 0 Å². The number of hydrogen-bond donors (Lipinski definition) is 2. The van der Waals surface area contributed by atoms with E-state index in [1.54, 1.807) is 12.1 Å². The molecule has 0 saturated carbocycles. The van der Waals surface area contributed by atoms with Crippen molar-refractivity contribution in [1.82, 2.24) is 0 Å². The number of rotatable bonds is 3. The summed E-state index contributed by atoms with van der Waals surface area (Å²) in [7, 11) is -3.87. The Morgan fingerprint density at radius 3 is 2.67 bits per heavy atom. The second-order valence-electron chi connectivity index (χ2n) is 2.73. The van der Waals surface area contributed by atoms with Crippen LogP contribution in [0.5, 0.6) is 0 Å². The molecule has 0 saturated heterocycles. The van der Waals surface area contributed by atoms with Crippen molar-refractivity contribution in [3.05, 3.63) is 35.9 Å². The van der Waals surface area contributed by atoms with Gasteiger partial charge in [-0.05, 0) is 11.6 Å². The van der Waals surface area contributed by atoms with E-state index in [1.165, 1.54) is 12.1 Å². The van der Waals surface area contributed by atoms with Gasteiger partial charge in [0.25, 0.3) is 10.2 Å². The Kier molecular flexibility index (Phi) is 3.09. The number of hydrogen-bond acceptors (Lipinski definition) is 3. The van der Waals surface area contributed by atoms with Crippen molar-refractivity contribution in [3.63, 3.8) is 0 Å². The molecule has 0 aliphatic carbocycles. The molecule has 1 rings (SSSR count). The zero-order valence-corrected chi connectivity index (χ0v) is 8.58. The maximum atomic E-state index is 10.8. The van der Waals surface area contributed by atoms with Gasteiger partial charge >= 0.3 is 0 Å². The Morgan fingerprint density at radius 1 is 1.53 bits per heavy atom. The van der Waals surface area contributed by atoms with E-state index >= 15 is 0 Å². The van der Waals surface area contributed by atoms with E-state index in [4.69, 9.17) is 10.4 Å². The molecule has 0 aromatic heterocycles. The molecule has 1 aromatic carbocycles. The number of nitriles is 1. The quantitative estimate of drug-likeness (QED) is 0.793. The Labute approximate surface area is 88.0 Å². The van der Waals surface area contributed by atoms with Gasteiger partial charge in [0.15, 0.2) is 0 Å². The summed E-state index contributed by atoms with van der Waals surface area (Å²) >= 11 is 0. The van der Waals surface area contributed by atoms with Gasteiger partial charge in [-0.25, -0.2) is 5.14 Å². The molecule has 6 heteroatoms. The average Bonchev–Trinajstić information content (AvgIpc) is 2.15. The number of benzene rings is 1. The molecule has 0 aliphatic rings. The molecule has 78 valence electrons. The van der Waals surface area contributed by atoms with Crippen LogP contribution in [-0.2, 0) is 10.2 Å². The predicted octanol–water partition coefficient (Wildman–Crippen LogP) is 0.817. The van der Waals surface area contributed by atoms with Crippen molar-refractivity contribution in [2.45, 2.75) is 0 Å². The average molecular weight is 223 g/mol. The Bertz CT molecular complexity index is 529. The molecule has 5 nitrogen and oxygen atoms in total. The summed E-state index contributed by atoms with van der Waals surface area (Å²) in [6.45, 7) is 3.52. The number of nitrogens with two attached hydrogens (primary N) is 1. The summed E-state index contributed by atoms with van der Waals surface area (Å²) in [6, 6.07) is 6.59. The molecular weight excluding hydrogens is 214 g/mol. The van der Waals surface area contributed by atoms with Crippen molar-refractivity contribution in [1.29, 1.82) is 5.26 Å². The molecule has 0 unspecified atom stereocenters. The van der Waals surface area contributed by atoms with Crippen LogP contribution < -0.4 is 9.86 Å². The monoisotopic (exact) mass is 223 g/mol. The minimum absolute atomic E-state index is 0.150. The largest absolute Gasteiger partial charge is 0.296 e. The molecule has 1 aromatic rings. The van der Waals surface area contributed by atoms with E-state index in [9.17, 15) is 8.42 Å². The zero-order chi connectivity index (χ0) is 11.5. The second kappa shape index (κ2) is 4.13. The van der Waals surface area contributed by atoms with Gasteiger partial charge in [0.1, 0.15) is 6.07 Å². The highest BCUT2D eigenvalue weighted by molar-refractivity contribution is 7.90. The zero-order valence-electron chi connectivity index (χ0n) is 7.77. The summed E-state index contributed by atoms with van der Waals surface area (Å²) in [5, 5.41) is 13.7. The highest BCUT2D eigenvalue weighted by atomic mass is 32.2. The molecule has 0 fully saturated rings. The molecule has 0 heterocycles. The van der Waals surface area contributed by atoms with Gasteiger partial charge in [0.2, 0.25) is 0 Å². The van der Waals surface area contributed by atoms with E-state index in [0.29, 0.717) is 5.56 Å². The van der Waals surface area contributed by atoms with Gasteiger partial charge < -0.3 is 0 Å². The SMILES string of the molecule is C=Cc1cccc(NS(N)(=O)=O)c1C#N. The van der Waals surface area contributed by atoms with Crippen LogP contribution in [0.2, 0.25) is 0 Å². The summed E-state index contributed by atoms with van der Waals surface area (Å²) < 4.78 is 23.7. The smallest absolute Gasteiger partial charge is 0.270 e. The third kappa shape index (κ3) is 2.80. The lowest BCUT2D eigenvalue weighted by atomic mass is 10.1. The first-order valence-corrected chi connectivity index (χ1v) is 5.48. The van der Waals surface area contributed by atoms with Crippen LogP contribution in [0, 0.1) is 11.3 Å². The van der Waals surface area contributed by atoms with Crippen LogP contribution in [0.4, 0.5) is 5.69 Å². The molecule has 0 aliphatic heterocycles. The molecular formula is C9H9N3O2S. The van der Waals surface area contributed by atoms with Gasteiger partial charge in [0.05, 0.1) is 11.3 Å². The summed E-state index contributed by atoms with van der Waals surface area (Å²) in [5.74, 6) is 0. The summed E-state index contributed by atoms with van der Waals surface area (Å²) in [6.07, 6.45) is 1.47. The molecule has 0 radical (unpaired) electrons. The minimum atomic E-state index is -3.87. The van der Waals surface area contributed by atoms with Crippen molar-refractivity contribution in [2.24, 2.45) is 5.14 Å². The highest BCUT2D eigenvalue weighted by Gasteiger charge is 2.09. The number of nitrogens with one attached hydrogen (secondary N) is 1. The van der Waals surface area contributed by atoms with Crippen LogP contribution >= 0.6 is 0 Å². The lowest BCUT2D eigenvalue weighted by Gasteiger charge is -2.07.